The van der Waals surface area contributed by atoms with Crippen LogP contribution in [0.15, 0.2) is 18.2 Å². The van der Waals surface area contributed by atoms with Gasteiger partial charge in [-0.15, -0.1) is 0 Å². The molecule has 23 heavy (non-hydrogen) atoms. The molecule has 0 fully saturated rings. The van der Waals surface area contributed by atoms with Crippen molar-refractivity contribution >= 4 is 12.0 Å². The number of hydrogen-bond donors (Lipinski definition) is 2. The third kappa shape index (κ3) is 2.63. The van der Waals surface area contributed by atoms with Gasteiger partial charge in [0.2, 0.25) is 0 Å². The molecule has 8 heteroatoms. The van der Waals surface area contributed by atoms with Crippen LogP contribution in [0.25, 0.3) is 11.3 Å². The van der Waals surface area contributed by atoms with E-state index >= 15 is 0 Å². The molecule has 0 saturated carbocycles. The summed E-state index contributed by atoms with van der Waals surface area (Å²) < 4.78 is 15.2. The number of carbonyl (C=O) groups excluding carboxylic acids is 1. The summed E-state index contributed by atoms with van der Waals surface area (Å²) in [5.74, 6) is -1.15. The highest BCUT2D eigenvalue weighted by atomic mass is 19.1. The Morgan fingerprint density at radius 3 is 2.65 bits per heavy atom. The molecule has 120 valence electrons. The fraction of sp³-hybridized carbons (Fsp3) is 0.267. The molecule has 0 unspecified atom stereocenters. The van der Waals surface area contributed by atoms with Crippen LogP contribution in [-0.4, -0.2) is 38.3 Å². The van der Waals surface area contributed by atoms with Crippen molar-refractivity contribution in [3.05, 3.63) is 40.8 Å². The van der Waals surface area contributed by atoms with Gasteiger partial charge in [-0.25, -0.2) is 9.18 Å². The Morgan fingerprint density at radius 2 is 2.04 bits per heavy atom. The summed E-state index contributed by atoms with van der Waals surface area (Å²) in [6.45, 7) is 2.34. The maximum atomic E-state index is 13.7. The third-order valence-electron chi connectivity index (χ3n) is 3.81. The first-order chi connectivity index (χ1) is 10.9. The molecule has 1 aliphatic heterocycles. The van der Waals surface area contributed by atoms with E-state index in [9.17, 15) is 14.0 Å². The highest BCUT2D eigenvalue weighted by Crippen LogP contribution is 2.29. The zero-order chi connectivity index (χ0) is 16.7. The van der Waals surface area contributed by atoms with Crippen molar-refractivity contribution in [3.8, 4) is 11.3 Å². The molecule has 7 nitrogen and oxygen atoms in total. The molecular formula is C15H15FN4O3. The van der Waals surface area contributed by atoms with Gasteiger partial charge in [0.25, 0.3) is 5.91 Å². The lowest BCUT2D eigenvalue weighted by Gasteiger charge is -2.25. The number of carbonyl (C=O) groups is 2. The molecule has 2 aromatic rings. The molecule has 0 spiro atoms. The summed E-state index contributed by atoms with van der Waals surface area (Å²) in [4.78, 5) is 24.2. The maximum absolute atomic E-state index is 13.7. The second kappa shape index (κ2) is 5.38. The van der Waals surface area contributed by atoms with E-state index in [0.717, 1.165) is 0 Å². The zero-order valence-electron chi connectivity index (χ0n) is 12.4. The summed E-state index contributed by atoms with van der Waals surface area (Å²) in [5.41, 5.74) is 7.45. The van der Waals surface area contributed by atoms with Gasteiger partial charge in [-0.1, -0.05) is 0 Å². The van der Waals surface area contributed by atoms with Crippen LogP contribution in [0.1, 0.15) is 21.6 Å². The minimum atomic E-state index is -1.07. The standard InChI is InChI=1S/C15H15FN4O3/c1-8-4-9(6-10(16)5-8)13-12(14(17)21)11-7-19(15(22)23)2-3-20(11)18-13/h4-6H,2-3,7H2,1H3,(H2,17,21)(H,22,23). The highest BCUT2D eigenvalue weighted by molar-refractivity contribution is 6.00. The summed E-state index contributed by atoms with van der Waals surface area (Å²) in [6.07, 6.45) is -1.07. The Labute approximate surface area is 131 Å². The van der Waals surface area contributed by atoms with Crippen LogP contribution in [0.3, 0.4) is 0 Å². The molecule has 1 aromatic heterocycles. The molecule has 3 N–H and O–H groups in total. The normalized spacial score (nSPS) is 13.7. The Kier molecular flexibility index (Phi) is 3.51. The van der Waals surface area contributed by atoms with E-state index in [1.54, 1.807) is 17.7 Å². The monoisotopic (exact) mass is 318 g/mol. The number of amides is 2. The fourth-order valence-electron chi connectivity index (χ4n) is 2.82. The van der Waals surface area contributed by atoms with E-state index < -0.39 is 17.8 Å². The Hall–Kier alpha value is -2.90. The van der Waals surface area contributed by atoms with Gasteiger partial charge in [-0.2, -0.15) is 5.10 Å². The van der Waals surface area contributed by atoms with Crippen LogP contribution in [0, 0.1) is 12.7 Å². The van der Waals surface area contributed by atoms with Crippen LogP contribution in [-0.2, 0) is 13.1 Å². The van der Waals surface area contributed by atoms with Crippen LogP contribution < -0.4 is 5.73 Å². The molecule has 0 aliphatic carbocycles. The molecular weight excluding hydrogens is 303 g/mol. The van der Waals surface area contributed by atoms with Crippen molar-refractivity contribution in [1.82, 2.24) is 14.7 Å². The van der Waals surface area contributed by atoms with Crippen LogP contribution >= 0.6 is 0 Å². The van der Waals surface area contributed by atoms with Crippen molar-refractivity contribution in [1.29, 1.82) is 0 Å². The van der Waals surface area contributed by atoms with Crippen LogP contribution in [0.5, 0.6) is 0 Å². The van der Waals surface area contributed by atoms with Crippen molar-refractivity contribution in [2.45, 2.75) is 20.0 Å². The lowest BCUT2D eigenvalue weighted by atomic mass is 10.0. The summed E-state index contributed by atoms with van der Waals surface area (Å²) in [5, 5.41) is 13.5. The number of hydrogen-bond acceptors (Lipinski definition) is 3. The number of nitrogens with zero attached hydrogens (tertiary/aromatic N) is 3. The number of benzene rings is 1. The maximum Gasteiger partial charge on any atom is 0.407 e. The predicted molar refractivity (Wildman–Crippen MR) is 79.3 cm³/mol. The van der Waals surface area contributed by atoms with E-state index in [-0.39, 0.29) is 24.3 Å². The van der Waals surface area contributed by atoms with E-state index in [2.05, 4.69) is 5.10 Å². The minimum absolute atomic E-state index is 0.0227. The van der Waals surface area contributed by atoms with Gasteiger partial charge >= 0.3 is 6.09 Å². The number of aryl methyl sites for hydroxylation is 1. The number of aromatic nitrogens is 2. The minimum Gasteiger partial charge on any atom is -0.465 e. The van der Waals surface area contributed by atoms with Crippen molar-refractivity contribution in [3.63, 3.8) is 0 Å². The molecule has 1 aliphatic rings. The molecule has 0 radical (unpaired) electrons. The number of rotatable bonds is 2. The molecule has 3 rings (SSSR count). The van der Waals surface area contributed by atoms with E-state index in [4.69, 9.17) is 10.8 Å². The Morgan fingerprint density at radius 1 is 1.30 bits per heavy atom. The smallest absolute Gasteiger partial charge is 0.407 e. The van der Waals surface area contributed by atoms with E-state index in [1.807, 2.05) is 0 Å². The van der Waals surface area contributed by atoms with Crippen molar-refractivity contribution in [2.75, 3.05) is 6.54 Å². The molecule has 1 aromatic carbocycles. The average Bonchev–Trinajstić information content (AvgIpc) is 2.84. The second-order valence-electron chi connectivity index (χ2n) is 5.48. The van der Waals surface area contributed by atoms with Gasteiger partial charge in [-0.05, 0) is 30.7 Å². The largest absolute Gasteiger partial charge is 0.465 e. The molecule has 2 amide bonds. The quantitative estimate of drug-likeness (QED) is 0.878. The van der Waals surface area contributed by atoms with Gasteiger partial charge in [0, 0.05) is 12.1 Å². The SMILES string of the molecule is Cc1cc(F)cc(-c2nn3c(c2C(N)=O)CN(C(=O)O)CC3)c1. The van der Waals surface area contributed by atoms with Gasteiger partial charge < -0.3 is 15.7 Å². The Balaban J connectivity index is 2.16. The number of fused-ring (bicyclic) bond motifs is 1. The first-order valence-corrected chi connectivity index (χ1v) is 7.01. The highest BCUT2D eigenvalue weighted by Gasteiger charge is 2.29. The zero-order valence-corrected chi connectivity index (χ0v) is 12.4. The third-order valence-corrected chi connectivity index (χ3v) is 3.81. The van der Waals surface area contributed by atoms with Gasteiger partial charge in [-0.3, -0.25) is 9.48 Å². The fourth-order valence-corrected chi connectivity index (χ4v) is 2.82. The Bertz CT molecular complexity index is 795. The predicted octanol–water partition coefficient (Wildman–Crippen LogP) is 1.59. The van der Waals surface area contributed by atoms with Crippen molar-refractivity contribution in [2.24, 2.45) is 5.73 Å². The van der Waals surface area contributed by atoms with Gasteiger partial charge in [0.05, 0.1) is 24.3 Å². The van der Waals surface area contributed by atoms with Crippen LogP contribution in [0.2, 0.25) is 0 Å². The average molecular weight is 318 g/mol. The first-order valence-electron chi connectivity index (χ1n) is 7.01. The van der Waals surface area contributed by atoms with E-state index in [0.29, 0.717) is 23.4 Å². The number of nitrogens with two attached hydrogens (primary N) is 1. The van der Waals surface area contributed by atoms with E-state index in [1.165, 1.54) is 17.0 Å². The second-order valence-corrected chi connectivity index (χ2v) is 5.48. The van der Waals surface area contributed by atoms with Gasteiger partial charge in [0.15, 0.2) is 0 Å². The summed E-state index contributed by atoms with van der Waals surface area (Å²) in [6, 6.07) is 4.36. The molecule has 2 heterocycles. The summed E-state index contributed by atoms with van der Waals surface area (Å²) in [7, 11) is 0. The van der Waals surface area contributed by atoms with Gasteiger partial charge in [0.1, 0.15) is 11.5 Å². The van der Waals surface area contributed by atoms with Crippen molar-refractivity contribution < 1.29 is 19.1 Å². The lowest BCUT2D eigenvalue weighted by Crippen LogP contribution is -2.38. The van der Waals surface area contributed by atoms with Crippen LogP contribution in [0.4, 0.5) is 9.18 Å². The lowest BCUT2D eigenvalue weighted by molar-refractivity contribution is 0.0993. The topological polar surface area (TPSA) is 101 Å². The molecule has 0 atom stereocenters. The molecule has 0 bridgehead atoms. The number of primary amides is 1. The molecule has 0 saturated heterocycles. The number of carboxylic acid groups (broad SMARTS) is 1. The first kappa shape index (κ1) is 15.0. The summed E-state index contributed by atoms with van der Waals surface area (Å²) >= 11 is 0. The number of halogens is 1.